The van der Waals surface area contributed by atoms with E-state index in [1.807, 2.05) is 12.1 Å². The van der Waals surface area contributed by atoms with Gasteiger partial charge in [0.15, 0.2) is 0 Å². The lowest BCUT2D eigenvalue weighted by molar-refractivity contribution is 0.210. The number of pyridine rings is 1. The molecule has 5 heteroatoms. The van der Waals surface area contributed by atoms with Gasteiger partial charge in [0.25, 0.3) is 0 Å². The largest absolute Gasteiger partial charge is 0.383 e. The molecule has 0 aliphatic rings. The number of nitrogens with two attached hydrogens (primary N) is 1. The molecule has 0 aliphatic heterocycles. The molecule has 2 N–H and O–H groups in total. The first-order valence-corrected chi connectivity index (χ1v) is 8.78. The van der Waals surface area contributed by atoms with E-state index < -0.39 is 7.14 Å². The smallest absolute Gasteiger partial charge is 0.129 e. The summed E-state index contributed by atoms with van der Waals surface area (Å²) in [6.07, 6.45) is 0. The Labute approximate surface area is 110 Å². The van der Waals surface area contributed by atoms with E-state index in [0.717, 1.165) is 5.56 Å². The zero-order chi connectivity index (χ0) is 14.1. The molecule has 1 aromatic rings. The van der Waals surface area contributed by atoms with E-state index in [1.54, 1.807) is 13.3 Å². The van der Waals surface area contributed by atoms with E-state index in [2.05, 4.69) is 37.7 Å². The Bertz CT molecular complexity index is 467. The Kier molecular flexibility index (Phi) is 4.57. The van der Waals surface area contributed by atoms with Crippen molar-refractivity contribution < 1.29 is 4.57 Å². The summed E-state index contributed by atoms with van der Waals surface area (Å²) in [5, 5.41) is 0. The van der Waals surface area contributed by atoms with Crippen LogP contribution in [-0.4, -0.2) is 36.3 Å². The molecule has 1 atom stereocenters. The molecule has 0 radical (unpaired) electrons. The quantitative estimate of drug-likeness (QED) is 0.852. The standard InChI is InChI=1S/C13H24N3OP/c1-9(2)16(4)10(3)11-7-8-12(15-13(11)14)18(5,6)17/h7-10H,1-6H3,(H2,14,15). The molecule has 0 amide bonds. The van der Waals surface area contributed by atoms with Crippen molar-refractivity contribution in [2.75, 3.05) is 26.1 Å². The minimum absolute atomic E-state index is 0.194. The summed E-state index contributed by atoms with van der Waals surface area (Å²) in [5.74, 6) is 0.483. The average Bonchev–Trinajstić information content (AvgIpc) is 2.25. The van der Waals surface area contributed by atoms with Crippen LogP contribution in [0.4, 0.5) is 5.82 Å². The average molecular weight is 269 g/mol. The van der Waals surface area contributed by atoms with E-state index in [0.29, 0.717) is 17.3 Å². The van der Waals surface area contributed by atoms with Gasteiger partial charge in [-0.05, 0) is 47.2 Å². The molecule has 0 bridgehead atoms. The van der Waals surface area contributed by atoms with Crippen LogP contribution < -0.4 is 11.2 Å². The summed E-state index contributed by atoms with van der Waals surface area (Å²) in [4.78, 5) is 6.52. The Morgan fingerprint density at radius 1 is 1.28 bits per heavy atom. The SMILES string of the molecule is CC(C)N(C)C(C)c1ccc(P(C)(C)=O)nc1N. The molecule has 1 heterocycles. The second kappa shape index (κ2) is 5.41. The molecule has 0 saturated heterocycles. The summed E-state index contributed by atoms with van der Waals surface area (Å²) in [7, 11) is -0.280. The van der Waals surface area contributed by atoms with Crippen LogP contribution in [0.5, 0.6) is 0 Å². The Morgan fingerprint density at radius 2 is 1.83 bits per heavy atom. The van der Waals surface area contributed by atoms with Crippen molar-refractivity contribution in [3.63, 3.8) is 0 Å². The van der Waals surface area contributed by atoms with Gasteiger partial charge in [-0.2, -0.15) is 0 Å². The summed E-state index contributed by atoms with van der Waals surface area (Å²) in [5.41, 5.74) is 7.59. The van der Waals surface area contributed by atoms with Gasteiger partial charge in [-0.3, -0.25) is 4.90 Å². The molecular formula is C13H24N3OP. The molecule has 18 heavy (non-hydrogen) atoms. The second-order valence-electron chi connectivity index (χ2n) is 5.43. The first kappa shape index (κ1) is 15.2. The highest BCUT2D eigenvalue weighted by molar-refractivity contribution is 7.69. The van der Waals surface area contributed by atoms with E-state index in [9.17, 15) is 4.57 Å². The van der Waals surface area contributed by atoms with Crippen LogP contribution in [0.1, 0.15) is 32.4 Å². The highest BCUT2D eigenvalue weighted by atomic mass is 31.2. The maximum Gasteiger partial charge on any atom is 0.129 e. The van der Waals surface area contributed by atoms with Gasteiger partial charge in [-0.1, -0.05) is 6.07 Å². The molecule has 0 spiro atoms. The third-order valence-corrected chi connectivity index (χ3v) is 4.72. The number of hydrogen-bond acceptors (Lipinski definition) is 4. The van der Waals surface area contributed by atoms with Gasteiger partial charge in [0.2, 0.25) is 0 Å². The fourth-order valence-electron chi connectivity index (χ4n) is 1.79. The Hall–Kier alpha value is -0.860. The lowest BCUT2D eigenvalue weighted by Gasteiger charge is -2.29. The Balaban J connectivity index is 3.10. The van der Waals surface area contributed by atoms with E-state index in [-0.39, 0.29) is 6.04 Å². The van der Waals surface area contributed by atoms with Crippen molar-refractivity contribution >= 4 is 18.4 Å². The van der Waals surface area contributed by atoms with Crippen LogP contribution in [0.25, 0.3) is 0 Å². The van der Waals surface area contributed by atoms with Gasteiger partial charge in [0, 0.05) is 17.6 Å². The number of anilines is 1. The lowest BCUT2D eigenvalue weighted by Crippen LogP contribution is -2.30. The number of nitrogen functional groups attached to an aromatic ring is 1. The van der Waals surface area contributed by atoms with Crippen molar-refractivity contribution in [1.82, 2.24) is 9.88 Å². The maximum atomic E-state index is 12.0. The highest BCUT2D eigenvalue weighted by Crippen LogP contribution is 2.35. The van der Waals surface area contributed by atoms with Crippen molar-refractivity contribution in [3.8, 4) is 0 Å². The van der Waals surface area contributed by atoms with Gasteiger partial charge >= 0.3 is 0 Å². The number of hydrogen-bond donors (Lipinski definition) is 1. The topological polar surface area (TPSA) is 59.2 Å². The molecule has 0 saturated carbocycles. The van der Waals surface area contributed by atoms with Crippen LogP contribution in [0.3, 0.4) is 0 Å². The fraction of sp³-hybridized carbons (Fsp3) is 0.615. The van der Waals surface area contributed by atoms with Crippen LogP contribution in [0.15, 0.2) is 12.1 Å². The first-order chi connectivity index (χ1) is 8.14. The predicted octanol–water partition coefficient (Wildman–Crippen LogP) is 2.31. The summed E-state index contributed by atoms with van der Waals surface area (Å²) >= 11 is 0. The maximum absolute atomic E-state index is 12.0. The van der Waals surface area contributed by atoms with Crippen molar-refractivity contribution in [1.29, 1.82) is 0 Å². The Morgan fingerprint density at radius 3 is 2.22 bits per heavy atom. The minimum atomic E-state index is -2.34. The molecular weight excluding hydrogens is 245 g/mol. The molecule has 4 nitrogen and oxygen atoms in total. The molecule has 0 fully saturated rings. The van der Waals surface area contributed by atoms with Crippen LogP contribution in [-0.2, 0) is 4.57 Å². The van der Waals surface area contributed by atoms with Crippen LogP contribution >= 0.6 is 7.14 Å². The van der Waals surface area contributed by atoms with E-state index in [4.69, 9.17) is 5.73 Å². The molecule has 0 aromatic carbocycles. The molecule has 0 aliphatic carbocycles. The van der Waals surface area contributed by atoms with Gasteiger partial charge in [-0.25, -0.2) is 4.98 Å². The fourth-order valence-corrected chi connectivity index (χ4v) is 2.58. The number of rotatable bonds is 4. The third-order valence-electron chi connectivity index (χ3n) is 3.37. The third kappa shape index (κ3) is 3.33. The summed E-state index contributed by atoms with van der Waals surface area (Å²) in [6.45, 7) is 9.79. The van der Waals surface area contributed by atoms with Gasteiger partial charge in [0.1, 0.15) is 18.4 Å². The minimum Gasteiger partial charge on any atom is -0.383 e. The van der Waals surface area contributed by atoms with Crippen molar-refractivity contribution in [2.24, 2.45) is 0 Å². The van der Waals surface area contributed by atoms with Gasteiger partial charge in [0.05, 0.1) is 0 Å². The highest BCUT2D eigenvalue weighted by Gasteiger charge is 2.20. The zero-order valence-electron chi connectivity index (χ0n) is 12.1. The lowest BCUT2D eigenvalue weighted by atomic mass is 10.1. The van der Waals surface area contributed by atoms with Crippen molar-refractivity contribution in [2.45, 2.75) is 32.9 Å². The van der Waals surface area contributed by atoms with E-state index in [1.165, 1.54) is 0 Å². The molecule has 1 rings (SSSR count). The van der Waals surface area contributed by atoms with Crippen molar-refractivity contribution in [3.05, 3.63) is 17.7 Å². The van der Waals surface area contributed by atoms with E-state index >= 15 is 0 Å². The first-order valence-electron chi connectivity index (χ1n) is 6.18. The zero-order valence-corrected chi connectivity index (χ0v) is 13.0. The predicted molar refractivity (Wildman–Crippen MR) is 79.1 cm³/mol. The normalized spacial score (nSPS) is 14.2. The second-order valence-corrected chi connectivity index (χ2v) is 8.59. The van der Waals surface area contributed by atoms with Crippen LogP contribution in [0, 0.1) is 0 Å². The molecule has 102 valence electrons. The molecule has 1 aromatic heterocycles. The molecule has 1 unspecified atom stereocenters. The summed E-state index contributed by atoms with van der Waals surface area (Å²) < 4.78 is 12.0. The van der Waals surface area contributed by atoms with Crippen LogP contribution in [0.2, 0.25) is 0 Å². The summed E-state index contributed by atoms with van der Waals surface area (Å²) in [6, 6.07) is 4.40. The van der Waals surface area contributed by atoms with Gasteiger partial charge < -0.3 is 10.3 Å². The number of aromatic nitrogens is 1. The monoisotopic (exact) mass is 269 g/mol. The van der Waals surface area contributed by atoms with Gasteiger partial charge in [-0.15, -0.1) is 0 Å². The number of nitrogens with zero attached hydrogens (tertiary/aromatic N) is 2.